The van der Waals surface area contributed by atoms with Gasteiger partial charge < -0.3 is 10.1 Å². The van der Waals surface area contributed by atoms with Gasteiger partial charge in [0.05, 0.1) is 37.7 Å². The predicted octanol–water partition coefficient (Wildman–Crippen LogP) is 2.24. The van der Waals surface area contributed by atoms with Gasteiger partial charge in [-0.2, -0.15) is 15.0 Å². The van der Waals surface area contributed by atoms with E-state index >= 15 is 0 Å². The minimum Gasteiger partial charge on any atom is -0.465 e. The van der Waals surface area contributed by atoms with Gasteiger partial charge in [-0.15, -0.1) is 0 Å². The number of carbonyl (C=O) groups is 2. The molecule has 132 valence electrons. The van der Waals surface area contributed by atoms with Crippen LogP contribution < -0.4 is 5.32 Å². The molecule has 1 N–H and O–H groups in total. The van der Waals surface area contributed by atoms with E-state index in [0.717, 1.165) is 5.56 Å². The Morgan fingerprint density at radius 1 is 1.00 bits per heavy atom. The second kappa shape index (κ2) is 8.06. The van der Waals surface area contributed by atoms with E-state index in [0.29, 0.717) is 17.7 Å². The summed E-state index contributed by atoms with van der Waals surface area (Å²) < 4.78 is 4.66. The Labute approximate surface area is 150 Å². The van der Waals surface area contributed by atoms with Crippen LogP contribution in [0.2, 0.25) is 0 Å². The van der Waals surface area contributed by atoms with Crippen LogP contribution in [0.5, 0.6) is 0 Å². The third kappa shape index (κ3) is 4.13. The zero-order chi connectivity index (χ0) is 18.4. The van der Waals surface area contributed by atoms with Crippen LogP contribution in [0.25, 0.3) is 0 Å². The van der Waals surface area contributed by atoms with Crippen LogP contribution in [0.3, 0.4) is 0 Å². The van der Waals surface area contributed by atoms with Gasteiger partial charge in [-0.05, 0) is 29.8 Å². The van der Waals surface area contributed by atoms with Gasteiger partial charge in [0.25, 0.3) is 5.91 Å². The first-order valence-corrected chi connectivity index (χ1v) is 8.05. The number of carbonyl (C=O) groups excluding carboxylic acids is 2. The average Bonchev–Trinajstić information content (AvgIpc) is 3.20. The Kier molecular flexibility index (Phi) is 5.38. The fourth-order valence-corrected chi connectivity index (χ4v) is 2.54. The molecule has 0 fully saturated rings. The van der Waals surface area contributed by atoms with Crippen molar-refractivity contribution in [2.75, 3.05) is 7.11 Å². The summed E-state index contributed by atoms with van der Waals surface area (Å²) in [6.07, 6.45) is 3.19. The molecule has 0 aliphatic heterocycles. The molecule has 0 saturated carbocycles. The maximum atomic E-state index is 12.6. The molecule has 0 saturated heterocycles. The number of hydrogen-bond acceptors (Lipinski definition) is 5. The van der Waals surface area contributed by atoms with Crippen LogP contribution in [0, 0.1) is 0 Å². The van der Waals surface area contributed by atoms with Crippen LogP contribution in [0.15, 0.2) is 67.0 Å². The molecule has 3 rings (SSSR count). The summed E-state index contributed by atoms with van der Waals surface area (Å²) in [6.45, 7) is 0.406. The number of esters is 1. The van der Waals surface area contributed by atoms with E-state index in [4.69, 9.17) is 0 Å². The van der Waals surface area contributed by atoms with Gasteiger partial charge in [0.15, 0.2) is 0 Å². The minimum atomic E-state index is -0.441. The van der Waals surface area contributed by atoms with Gasteiger partial charge >= 0.3 is 5.97 Å². The van der Waals surface area contributed by atoms with E-state index in [1.807, 2.05) is 30.3 Å². The molecule has 1 aromatic heterocycles. The zero-order valence-electron chi connectivity index (χ0n) is 14.2. The Morgan fingerprint density at radius 2 is 1.62 bits per heavy atom. The maximum absolute atomic E-state index is 12.6. The lowest BCUT2D eigenvalue weighted by atomic mass is 10.1. The molecular formula is C19H18N4O3. The van der Waals surface area contributed by atoms with Crippen LogP contribution in [-0.4, -0.2) is 34.0 Å². The fourth-order valence-electron chi connectivity index (χ4n) is 2.54. The highest BCUT2D eigenvalue weighted by Crippen LogP contribution is 2.16. The van der Waals surface area contributed by atoms with Crippen molar-refractivity contribution >= 4 is 11.9 Å². The number of methoxy groups -OCH3 is 1. The number of amides is 1. The molecule has 0 aliphatic carbocycles. The smallest absolute Gasteiger partial charge is 0.337 e. The van der Waals surface area contributed by atoms with Gasteiger partial charge in [0.1, 0.15) is 0 Å². The van der Waals surface area contributed by atoms with Crippen molar-refractivity contribution in [2.45, 2.75) is 12.6 Å². The number of aromatic nitrogens is 3. The second-order valence-corrected chi connectivity index (χ2v) is 5.59. The lowest BCUT2D eigenvalue weighted by Crippen LogP contribution is -2.32. The third-order valence-electron chi connectivity index (χ3n) is 3.89. The molecule has 0 aliphatic rings. The molecule has 0 unspecified atom stereocenters. The third-order valence-corrected chi connectivity index (χ3v) is 3.89. The SMILES string of the molecule is COC(=O)c1ccc(C(=O)N[C@@H](Cn2nccn2)c2ccccc2)cc1. The standard InChI is InChI=1S/C19H18N4O3/c1-26-19(25)16-9-7-15(8-10-16)18(24)22-17(13-23-20-11-12-21-23)14-5-3-2-4-6-14/h2-12,17H,13H2,1H3,(H,22,24)/t17-/m0/s1. The number of ether oxygens (including phenoxy) is 1. The van der Waals surface area contributed by atoms with Crippen molar-refractivity contribution in [3.63, 3.8) is 0 Å². The normalized spacial score (nSPS) is 11.6. The van der Waals surface area contributed by atoms with Crippen LogP contribution >= 0.6 is 0 Å². The number of nitrogens with zero attached hydrogens (tertiary/aromatic N) is 3. The quantitative estimate of drug-likeness (QED) is 0.689. The van der Waals surface area contributed by atoms with E-state index in [1.54, 1.807) is 36.7 Å². The molecule has 1 atom stereocenters. The van der Waals surface area contributed by atoms with Gasteiger partial charge in [-0.1, -0.05) is 30.3 Å². The zero-order valence-corrected chi connectivity index (χ0v) is 14.2. The topological polar surface area (TPSA) is 86.1 Å². The summed E-state index contributed by atoms with van der Waals surface area (Å²) >= 11 is 0. The Hall–Kier alpha value is -3.48. The maximum Gasteiger partial charge on any atom is 0.337 e. The van der Waals surface area contributed by atoms with Gasteiger partial charge in [-0.3, -0.25) is 4.79 Å². The molecule has 0 spiro atoms. The molecule has 2 aromatic carbocycles. The minimum absolute atomic E-state index is 0.248. The van der Waals surface area contributed by atoms with Crippen molar-refractivity contribution in [1.29, 1.82) is 0 Å². The summed E-state index contributed by atoms with van der Waals surface area (Å²) in [5.41, 5.74) is 1.79. The second-order valence-electron chi connectivity index (χ2n) is 5.59. The predicted molar refractivity (Wildman–Crippen MR) is 94.5 cm³/mol. The highest BCUT2D eigenvalue weighted by atomic mass is 16.5. The van der Waals surface area contributed by atoms with Crippen molar-refractivity contribution in [1.82, 2.24) is 20.3 Å². The highest BCUT2D eigenvalue weighted by Gasteiger charge is 2.17. The Morgan fingerprint density at radius 3 is 2.23 bits per heavy atom. The number of nitrogens with one attached hydrogen (secondary N) is 1. The van der Waals surface area contributed by atoms with Gasteiger partial charge in [0, 0.05) is 5.56 Å². The van der Waals surface area contributed by atoms with Crippen LogP contribution in [0.1, 0.15) is 32.3 Å². The molecule has 0 radical (unpaired) electrons. The lowest BCUT2D eigenvalue weighted by Gasteiger charge is -2.19. The fraction of sp³-hybridized carbons (Fsp3) is 0.158. The van der Waals surface area contributed by atoms with Crippen molar-refractivity contribution in [3.8, 4) is 0 Å². The van der Waals surface area contributed by atoms with E-state index < -0.39 is 5.97 Å². The molecule has 3 aromatic rings. The molecular weight excluding hydrogens is 332 g/mol. The van der Waals surface area contributed by atoms with E-state index in [1.165, 1.54) is 11.9 Å². The molecule has 1 amide bonds. The first-order valence-electron chi connectivity index (χ1n) is 8.05. The van der Waals surface area contributed by atoms with Crippen LogP contribution in [-0.2, 0) is 11.3 Å². The first kappa shape index (κ1) is 17.3. The van der Waals surface area contributed by atoms with Crippen molar-refractivity contribution in [2.24, 2.45) is 0 Å². The highest BCUT2D eigenvalue weighted by molar-refractivity contribution is 5.96. The molecule has 7 heteroatoms. The van der Waals surface area contributed by atoms with E-state index in [9.17, 15) is 9.59 Å². The first-order chi connectivity index (χ1) is 12.7. The Balaban J connectivity index is 1.77. The van der Waals surface area contributed by atoms with E-state index in [-0.39, 0.29) is 11.9 Å². The average molecular weight is 350 g/mol. The molecule has 7 nitrogen and oxygen atoms in total. The van der Waals surface area contributed by atoms with Crippen molar-refractivity contribution < 1.29 is 14.3 Å². The monoisotopic (exact) mass is 350 g/mol. The number of hydrogen-bond donors (Lipinski definition) is 1. The van der Waals surface area contributed by atoms with Gasteiger partial charge in [0.2, 0.25) is 0 Å². The Bertz CT molecular complexity index is 862. The number of rotatable bonds is 6. The summed E-state index contributed by atoms with van der Waals surface area (Å²) in [5, 5.41) is 11.2. The van der Waals surface area contributed by atoms with Crippen LogP contribution in [0.4, 0.5) is 0 Å². The van der Waals surface area contributed by atoms with Crippen molar-refractivity contribution in [3.05, 3.63) is 83.7 Å². The molecule has 1 heterocycles. The molecule has 26 heavy (non-hydrogen) atoms. The largest absolute Gasteiger partial charge is 0.465 e. The summed E-state index contributed by atoms with van der Waals surface area (Å²) in [6, 6.07) is 15.6. The summed E-state index contributed by atoms with van der Waals surface area (Å²) in [4.78, 5) is 25.7. The molecule has 0 bridgehead atoms. The summed E-state index contributed by atoms with van der Waals surface area (Å²) in [7, 11) is 1.32. The van der Waals surface area contributed by atoms with Gasteiger partial charge in [-0.25, -0.2) is 4.79 Å². The lowest BCUT2D eigenvalue weighted by molar-refractivity contribution is 0.0600. The summed E-state index contributed by atoms with van der Waals surface area (Å²) in [5.74, 6) is -0.689. The number of benzene rings is 2. The van der Waals surface area contributed by atoms with E-state index in [2.05, 4.69) is 20.3 Å².